The number of likely N-dealkylation sites (tertiary alicyclic amines) is 1. The molecule has 0 radical (unpaired) electrons. The SMILES string of the molecule is O=C(O)C1CCCN(C(=O)CO)C1. The summed E-state index contributed by atoms with van der Waals surface area (Å²) in [6.45, 7) is 0.254. The van der Waals surface area contributed by atoms with Gasteiger partial charge in [-0.3, -0.25) is 9.59 Å². The number of nitrogens with zero attached hydrogens (tertiary/aromatic N) is 1. The van der Waals surface area contributed by atoms with Crippen molar-refractivity contribution in [1.82, 2.24) is 4.90 Å². The predicted octanol–water partition coefficient (Wildman–Crippen LogP) is -0.698. The van der Waals surface area contributed by atoms with E-state index < -0.39 is 18.5 Å². The van der Waals surface area contributed by atoms with Crippen molar-refractivity contribution in [1.29, 1.82) is 0 Å². The Hall–Kier alpha value is -1.10. The Bertz CT molecular complexity index is 216. The fourth-order valence-corrected chi connectivity index (χ4v) is 1.51. The van der Waals surface area contributed by atoms with Gasteiger partial charge >= 0.3 is 5.97 Å². The summed E-state index contributed by atoms with van der Waals surface area (Å²) in [6, 6.07) is 0. The Morgan fingerprint density at radius 1 is 1.46 bits per heavy atom. The van der Waals surface area contributed by atoms with Crippen LogP contribution in [0.3, 0.4) is 0 Å². The number of hydrogen-bond donors (Lipinski definition) is 2. The minimum atomic E-state index is -0.865. The number of aliphatic carboxylic acids is 1. The monoisotopic (exact) mass is 187 g/mol. The lowest BCUT2D eigenvalue weighted by molar-refractivity contribution is -0.146. The highest BCUT2D eigenvalue weighted by Crippen LogP contribution is 2.16. The summed E-state index contributed by atoms with van der Waals surface area (Å²) in [6.07, 6.45) is 1.31. The number of rotatable bonds is 2. The van der Waals surface area contributed by atoms with Crippen LogP contribution in [0.4, 0.5) is 0 Å². The van der Waals surface area contributed by atoms with Gasteiger partial charge in [-0.15, -0.1) is 0 Å². The van der Waals surface area contributed by atoms with E-state index in [0.29, 0.717) is 19.4 Å². The Labute approximate surface area is 76.0 Å². The first kappa shape index (κ1) is 9.98. The van der Waals surface area contributed by atoms with Crippen LogP contribution in [0.25, 0.3) is 0 Å². The molecule has 1 rings (SSSR count). The minimum absolute atomic E-state index is 0.231. The molecular weight excluding hydrogens is 174 g/mol. The summed E-state index contributed by atoms with van der Waals surface area (Å²) in [5.74, 6) is -1.72. The van der Waals surface area contributed by atoms with E-state index in [1.165, 1.54) is 4.90 Å². The fraction of sp³-hybridized carbons (Fsp3) is 0.750. The van der Waals surface area contributed by atoms with Crippen LogP contribution < -0.4 is 0 Å². The molecule has 1 heterocycles. The molecule has 5 heteroatoms. The van der Waals surface area contributed by atoms with E-state index in [2.05, 4.69) is 0 Å². The first-order valence-corrected chi connectivity index (χ1v) is 4.26. The summed E-state index contributed by atoms with van der Waals surface area (Å²) in [5.41, 5.74) is 0. The summed E-state index contributed by atoms with van der Waals surface area (Å²) in [7, 11) is 0. The van der Waals surface area contributed by atoms with E-state index in [1.807, 2.05) is 0 Å². The molecule has 74 valence electrons. The van der Waals surface area contributed by atoms with E-state index in [4.69, 9.17) is 10.2 Å². The van der Waals surface area contributed by atoms with E-state index in [0.717, 1.165) is 0 Å². The van der Waals surface area contributed by atoms with Crippen LogP contribution in [0, 0.1) is 5.92 Å². The Morgan fingerprint density at radius 3 is 2.69 bits per heavy atom. The highest BCUT2D eigenvalue weighted by Gasteiger charge is 2.27. The average Bonchev–Trinajstić information content (AvgIpc) is 2.17. The van der Waals surface area contributed by atoms with Crippen molar-refractivity contribution in [2.75, 3.05) is 19.7 Å². The van der Waals surface area contributed by atoms with Crippen molar-refractivity contribution in [3.8, 4) is 0 Å². The van der Waals surface area contributed by atoms with Gasteiger partial charge in [-0.2, -0.15) is 0 Å². The summed E-state index contributed by atoms with van der Waals surface area (Å²) < 4.78 is 0. The summed E-state index contributed by atoms with van der Waals surface area (Å²) in [4.78, 5) is 23.0. The second kappa shape index (κ2) is 4.23. The maximum absolute atomic E-state index is 11.0. The van der Waals surface area contributed by atoms with Gasteiger partial charge in [0.1, 0.15) is 6.61 Å². The molecule has 0 bridgehead atoms. The topological polar surface area (TPSA) is 77.8 Å². The lowest BCUT2D eigenvalue weighted by Gasteiger charge is -2.30. The maximum Gasteiger partial charge on any atom is 0.308 e. The number of carbonyl (C=O) groups is 2. The van der Waals surface area contributed by atoms with E-state index >= 15 is 0 Å². The van der Waals surface area contributed by atoms with Crippen molar-refractivity contribution < 1.29 is 19.8 Å². The Kier molecular flexibility index (Phi) is 3.25. The largest absolute Gasteiger partial charge is 0.481 e. The van der Waals surface area contributed by atoms with Gasteiger partial charge in [0.15, 0.2) is 0 Å². The number of aliphatic hydroxyl groups excluding tert-OH is 1. The molecule has 1 aliphatic rings. The molecule has 1 saturated heterocycles. The molecule has 2 N–H and O–H groups in total. The van der Waals surface area contributed by atoms with Crippen LogP contribution in [0.1, 0.15) is 12.8 Å². The van der Waals surface area contributed by atoms with Crippen molar-refractivity contribution in [3.05, 3.63) is 0 Å². The van der Waals surface area contributed by atoms with Gasteiger partial charge in [-0.25, -0.2) is 0 Å². The molecule has 1 amide bonds. The van der Waals surface area contributed by atoms with Crippen LogP contribution in [-0.4, -0.2) is 46.7 Å². The highest BCUT2D eigenvalue weighted by atomic mass is 16.4. The fourth-order valence-electron chi connectivity index (χ4n) is 1.51. The number of piperidine rings is 1. The summed E-state index contributed by atoms with van der Waals surface area (Å²) in [5, 5.41) is 17.3. The molecule has 0 aliphatic carbocycles. The normalized spacial score (nSPS) is 22.8. The van der Waals surface area contributed by atoms with Crippen molar-refractivity contribution >= 4 is 11.9 Å². The van der Waals surface area contributed by atoms with Crippen LogP contribution in [0.2, 0.25) is 0 Å². The zero-order valence-corrected chi connectivity index (χ0v) is 7.27. The molecule has 0 aromatic heterocycles. The third-order valence-corrected chi connectivity index (χ3v) is 2.26. The molecule has 1 fully saturated rings. The third-order valence-electron chi connectivity index (χ3n) is 2.26. The van der Waals surface area contributed by atoms with Crippen LogP contribution >= 0.6 is 0 Å². The molecule has 0 aromatic rings. The van der Waals surface area contributed by atoms with Crippen LogP contribution in [0.15, 0.2) is 0 Å². The molecule has 1 unspecified atom stereocenters. The zero-order chi connectivity index (χ0) is 9.84. The zero-order valence-electron chi connectivity index (χ0n) is 7.27. The van der Waals surface area contributed by atoms with Gasteiger partial charge in [0, 0.05) is 13.1 Å². The minimum Gasteiger partial charge on any atom is -0.481 e. The third kappa shape index (κ3) is 2.42. The lowest BCUT2D eigenvalue weighted by Crippen LogP contribution is -2.43. The van der Waals surface area contributed by atoms with Crippen molar-refractivity contribution in [2.45, 2.75) is 12.8 Å². The van der Waals surface area contributed by atoms with E-state index in [1.54, 1.807) is 0 Å². The highest BCUT2D eigenvalue weighted by molar-refractivity contribution is 5.78. The smallest absolute Gasteiger partial charge is 0.308 e. The van der Waals surface area contributed by atoms with Crippen molar-refractivity contribution in [2.24, 2.45) is 5.92 Å². The average molecular weight is 187 g/mol. The Balaban J connectivity index is 2.51. The van der Waals surface area contributed by atoms with Gasteiger partial charge in [-0.1, -0.05) is 0 Å². The number of amides is 1. The first-order valence-electron chi connectivity index (χ1n) is 4.26. The second-order valence-electron chi connectivity index (χ2n) is 3.18. The number of carboxylic acid groups (broad SMARTS) is 1. The molecule has 1 atom stereocenters. The second-order valence-corrected chi connectivity index (χ2v) is 3.18. The van der Waals surface area contributed by atoms with Crippen LogP contribution in [-0.2, 0) is 9.59 Å². The summed E-state index contributed by atoms with van der Waals surface area (Å²) >= 11 is 0. The number of carbonyl (C=O) groups excluding carboxylic acids is 1. The molecular formula is C8H13NO4. The maximum atomic E-state index is 11.0. The molecule has 0 spiro atoms. The molecule has 0 aromatic carbocycles. The first-order chi connectivity index (χ1) is 6.15. The number of aliphatic hydroxyl groups is 1. The predicted molar refractivity (Wildman–Crippen MR) is 44.0 cm³/mol. The molecule has 0 saturated carbocycles. The standard InChI is InChI=1S/C8H13NO4/c10-5-7(11)9-3-1-2-6(4-9)8(12)13/h6,10H,1-5H2,(H,12,13). The van der Waals surface area contributed by atoms with Gasteiger partial charge in [0.2, 0.25) is 5.91 Å². The molecule has 13 heavy (non-hydrogen) atoms. The van der Waals surface area contributed by atoms with E-state index in [-0.39, 0.29) is 12.5 Å². The van der Waals surface area contributed by atoms with Crippen molar-refractivity contribution in [3.63, 3.8) is 0 Å². The number of hydrogen-bond acceptors (Lipinski definition) is 3. The van der Waals surface area contributed by atoms with Gasteiger partial charge in [-0.05, 0) is 12.8 Å². The van der Waals surface area contributed by atoms with Gasteiger partial charge < -0.3 is 15.1 Å². The quantitative estimate of drug-likeness (QED) is 0.599. The Morgan fingerprint density at radius 2 is 2.15 bits per heavy atom. The van der Waals surface area contributed by atoms with Gasteiger partial charge in [0.25, 0.3) is 0 Å². The molecule has 5 nitrogen and oxygen atoms in total. The lowest BCUT2D eigenvalue weighted by atomic mass is 9.98. The van der Waals surface area contributed by atoms with Crippen LogP contribution in [0.5, 0.6) is 0 Å². The number of carboxylic acids is 1. The van der Waals surface area contributed by atoms with E-state index in [9.17, 15) is 9.59 Å². The van der Waals surface area contributed by atoms with Gasteiger partial charge in [0.05, 0.1) is 5.92 Å². The molecule has 1 aliphatic heterocycles.